The van der Waals surface area contributed by atoms with Crippen LogP contribution in [-0.4, -0.2) is 19.0 Å². The second-order valence-electron chi connectivity index (χ2n) is 5.53. The molecule has 0 radical (unpaired) electrons. The quantitative estimate of drug-likeness (QED) is 0.769. The lowest BCUT2D eigenvalue weighted by molar-refractivity contribution is -0.129. The van der Waals surface area contributed by atoms with E-state index in [1.807, 2.05) is 0 Å². The van der Waals surface area contributed by atoms with E-state index in [0.717, 1.165) is 18.4 Å². The Hall–Kier alpha value is -1.15. The van der Waals surface area contributed by atoms with Crippen molar-refractivity contribution in [3.05, 3.63) is 35.4 Å². The summed E-state index contributed by atoms with van der Waals surface area (Å²) in [5.74, 6) is 1.22. The van der Waals surface area contributed by atoms with E-state index in [2.05, 4.69) is 38.1 Å². The summed E-state index contributed by atoms with van der Waals surface area (Å²) in [4.78, 5) is 12.1. The summed E-state index contributed by atoms with van der Waals surface area (Å²) in [7, 11) is 1.64. The van der Waals surface area contributed by atoms with Gasteiger partial charge in [-0.3, -0.25) is 4.79 Å². The lowest BCUT2D eigenvalue weighted by Gasteiger charge is -2.13. The van der Waals surface area contributed by atoms with Crippen molar-refractivity contribution in [2.24, 2.45) is 5.92 Å². The number of ether oxygens (including phenoxy) is 1. The van der Waals surface area contributed by atoms with E-state index >= 15 is 0 Å². The maximum atomic E-state index is 12.1. The molecule has 1 aromatic carbocycles. The van der Waals surface area contributed by atoms with Crippen molar-refractivity contribution in [2.45, 2.75) is 45.1 Å². The number of rotatable bonds is 6. The zero-order chi connectivity index (χ0) is 13.1. The summed E-state index contributed by atoms with van der Waals surface area (Å²) >= 11 is 0. The van der Waals surface area contributed by atoms with Gasteiger partial charge in [-0.1, -0.05) is 38.1 Å². The average Bonchev–Trinajstić information content (AvgIpc) is 3.15. The lowest BCUT2D eigenvalue weighted by atomic mass is 9.98. The van der Waals surface area contributed by atoms with Gasteiger partial charge in [0.05, 0.1) is 0 Å². The molecule has 0 aliphatic heterocycles. The molecule has 98 valence electrons. The van der Waals surface area contributed by atoms with Gasteiger partial charge < -0.3 is 4.74 Å². The normalized spacial score (nSPS) is 16.9. The highest BCUT2D eigenvalue weighted by atomic mass is 16.5. The molecular formula is C16H22O2. The molecule has 1 unspecified atom stereocenters. The van der Waals surface area contributed by atoms with Crippen LogP contribution in [0.25, 0.3) is 0 Å². The minimum absolute atomic E-state index is 0.185. The Morgan fingerprint density at radius 3 is 2.33 bits per heavy atom. The Balaban J connectivity index is 1.97. The molecule has 1 aliphatic rings. The molecule has 1 fully saturated rings. The third-order valence-corrected chi connectivity index (χ3v) is 3.65. The predicted molar refractivity (Wildman–Crippen MR) is 72.8 cm³/mol. The Bertz CT molecular complexity index is 402. The maximum Gasteiger partial charge on any atom is 0.166 e. The van der Waals surface area contributed by atoms with Gasteiger partial charge in [-0.25, -0.2) is 0 Å². The fourth-order valence-corrected chi connectivity index (χ4v) is 2.31. The Morgan fingerprint density at radius 1 is 1.28 bits per heavy atom. The summed E-state index contributed by atoms with van der Waals surface area (Å²) in [5, 5.41) is 0. The van der Waals surface area contributed by atoms with Gasteiger partial charge >= 0.3 is 0 Å². The minimum atomic E-state index is -0.185. The van der Waals surface area contributed by atoms with Crippen molar-refractivity contribution in [1.82, 2.24) is 0 Å². The number of methoxy groups -OCH3 is 1. The van der Waals surface area contributed by atoms with Crippen LogP contribution in [-0.2, 0) is 16.0 Å². The first kappa shape index (κ1) is 13.3. The van der Waals surface area contributed by atoms with E-state index < -0.39 is 0 Å². The fraction of sp³-hybridized carbons (Fsp3) is 0.562. The smallest absolute Gasteiger partial charge is 0.166 e. The van der Waals surface area contributed by atoms with E-state index in [-0.39, 0.29) is 11.9 Å². The topological polar surface area (TPSA) is 26.3 Å². The van der Waals surface area contributed by atoms with Crippen LogP contribution < -0.4 is 0 Å². The summed E-state index contributed by atoms with van der Waals surface area (Å²) in [6.07, 6.45) is 2.58. The fourth-order valence-electron chi connectivity index (χ4n) is 2.31. The molecule has 1 aromatic rings. The SMILES string of the molecule is COC(C(=O)Cc1ccc(C(C)C)cc1)C1CC1. The molecule has 2 heteroatoms. The van der Waals surface area contributed by atoms with E-state index in [0.29, 0.717) is 18.3 Å². The van der Waals surface area contributed by atoms with E-state index in [9.17, 15) is 4.79 Å². The van der Waals surface area contributed by atoms with Gasteiger partial charge in [0, 0.05) is 13.5 Å². The molecule has 2 nitrogen and oxygen atoms in total. The molecular weight excluding hydrogens is 224 g/mol. The van der Waals surface area contributed by atoms with Gasteiger partial charge in [0.2, 0.25) is 0 Å². The van der Waals surface area contributed by atoms with E-state index in [1.165, 1.54) is 5.56 Å². The third-order valence-electron chi connectivity index (χ3n) is 3.65. The number of hydrogen-bond donors (Lipinski definition) is 0. The Kier molecular flexibility index (Phi) is 4.18. The molecule has 1 saturated carbocycles. The lowest BCUT2D eigenvalue weighted by Crippen LogP contribution is -2.26. The van der Waals surface area contributed by atoms with Crippen LogP contribution in [0.1, 0.15) is 43.7 Å². The molecule has 2 rings (SSSR count). The van der Waals surface area contributed by atoms with Crippen molar-refractivity contribution < 1.29 is 9.53 Å². The van der Waals surface area contributed by atoms with Crippen molar-refractivity contribution >= 4 is 5.78 Å². The number of carbonyl (C=O) groups is 1. The van der Waals surface area contributed by atoms with Gasteiger partial charge in [0.1, 0.15) is 6.10 Å². The Morgan fingerprint density at radius 2 is 1.89 bits per heavy atom. The molecule has 1 aliphatic carbocycles. The molecule has 0 spiro atoms. The minimum Gasteiger partial charge on any atom is -0.373 e. The first-order chi connectivity index (χ1) is 8.61. The van der Waals surface area contributed by atoms with Gasteiger partial charge in [0.25, 0.3) is 0 Å². The van der Waals surface area contributed by atoms with Crippen molar-refractivity contribution in [3.8, 4) is 0 Å². The summed E-state index contributed by atoms with van der Waals surface area (Å²) < 4.78 is 5.32. The van der Waals surface area contributed by atoms with Crippen molar-refractivity contribution in [1.29, 1.82) is 0 Å². The first-order valence-electron chi connectivity index (χ1n) is 6.76. The molecule has 18 heavy (non-hydrogen) atoms. The standard InChI is InChI=1S/C16H22O2/c1-11(2)13-6-4-12(5-7-13)10-15(17)16(18-3)14-8-9-14/h4-7,11,14,16H,8-10H2,1-3H3. The molecule has 0 heterocycles. The molecule has 0 aromatic heterocycles. The van der Waals surface area contributed by atoms with Gasteiger partial charge in [-0.2, -0.15) is 0 Å². The average molecular weight is 246 g/mol. The number of hydrogen-bond acceptors (Lipinski definition) is 2. The number of Topliss-reactive ketones (excluding diaryl/α,β-unsaturated/α-hetero) is 1. The summed E-state index contributed by atoms with van der Waals surface area (Å²) in [6, 6.07) is 8.36. The molecule has 0 bridgehead atoms. The largest absolute Gasteiger partial charge is 0.373 e. The van der Waals surface area contributed by atoms with Crippen LogP contribution >= 0.6 is 0 Å². The van der Waals surface area contributed by atoms with Crippen LogP contribution in [0.3, 0.4) is 0 Å². The molecule has 0 amide bonds. The van der Waals surface area contributed by atoms with E-state index in [1.54, 1.807) is 7.11 Å². The summed E-state index contributed by atoms with van der Waals surface area (Å²) in [5.41, 5.74) is 2.41. The van der Waals surface area contributed by atoms with Crippen LogP contribution in [0, 0.1) is 5.92 Å². The molecule has 0 saturated heterocycles. The highest BCUT2D eigenvalue weighted by molar-refractivity contribution is 5.85. The second-order valence-corrected chi connectivity index (χ2v) is 5.53. The number of benzene rings is 1. The van der Waals surface area contributed by atoms with Crippen LogP contribution in [0.2, 0.25) is 0 Å². The highest BCUT2D eigenvalue weighted by Gasteiger charge is 2.35. The van der Waals surface area contributed by atoms with Crippen LogP contribution in [0.15, 0.2) is 24.3 Å². The van der Waals surface area contributed by atoms with Crippen molar-refractivity contribution in [2.75, 3.05) is 7.11 Å². The van der Waals surface area contributed by atoms with Crippen LogP contribution in [0.5, 0.6) is 0 Å². The highest BCUT2D eigenvalue weighted by Crippen LogP contribution is 2.34. The monoisotopic (exact) mass is 246 g/mol. The molecule has 1 atom stereocenters. The van der Waals surface area contributed by atoms with Gasteiger partial charge in [-0.15, -0.1) is 0 Å². The number of carbonyl (C=O) groups excluding carboxylic acids is 1. The number of ketones is 1. The Labute approximate surface area is 109 Å². The summed E-state index contributed by atoms with van der Waals surface area (Å²) in [6.45, 7) is 4.35. The molecule has 0 N–H and O–H groups in total. The second kappa shape index (κ2) is 5.66. The zero-order valence-corrected chi connectivity index (χ0v) is 11.5. The van der Waals surface area contributed by atoms with Crippen molar-refractivity contribution in [3.63, 3.8) is 0 Å². The predicted octanol–water partition coefficient (Wildman–Crippen LogP) is 3.35. The van der Waals surface area contributed by atoms with E-state index in [4.69, 9.17) is 4.74 Å². The first-order valence-corrected chi connectivity index (χ1v) is 6.76. The van der Waals surface area contributed by atoms with Gasteiger partial charge in [0.15, 0.2) is 5.78 Å². The van der Waals surface area contributed by atoms with Crippen LogP contribution in [0.4, 0.5) is 0 Å². The third kappa shape index (κ3) is 3.20. The zero-order valence-electron chi connectivity index (χ0n) is 11.5. The maximum absolute atomic E-state index is 12.1. The van der Waals surface area contributed by atoms with Gasteiger partial charge in [-0.05, 0) is 35.8 Å².